The van der Waals surface area contributed by atoms with Gasteiger partial charge < -0.3 is 10.2 Å². The number of hydrogen-bond donors (Lipinski definition) is 1. The summed E-state index contributed by atoms with van der Waals surface area (Å²) >= 11 is 3.42. The van der Waals surface area contributed by atoms with Crippen molar-refractivity contribution in [2.75, 3.05) is 23.3 Å². The van der Waals surface area contributed by atoms with E-state index in [2.05, 4.69) is 31.2 Å². The van der Waals surface area contributed by atoms with Crippen molar-refractivity contribution in [1.82, 2.24) is 9.97 Å². The summed E-state index contributed by atoms with van der Waals surface area (Å²) in [6.07, 6.45) is 5.21. The van der Waals surface area contributed by atoms with Gasteiger partial charge >= 0.3 is 0 Å². The van der Waals surface area contributed by atoms with E-state index in [1.807, 2.05) is 29.2 Å². The minimum Gasteiger partial charge on any atom is -0.340 e. The number of carbonyl (C=O) groups is 1. The number of piperidine rings is 1. The third kappa shape index (κ3) is 4.79. The van der Waals surface area contributed by atoms with E-state index in [0.29, 0.717) is 12.5 Å². The van der Waals surface area contributed by atoms with Gasteiger partial charge in [0.05, 0.1) is 5.92 Å². The summed E-state index contributed by atoms with van der Waals surface area (Å²) in [4.78, 5) is 23.7. The fraction of sp³-hybridized carbons (Fsp3) is 0.227. The number of benzene rings is 2. The number of carbonyl (C=O) groups excluding carboxylic acids is 1. The molecule has 1 saturated heterocycles. The maximum absolute atomic E-state index is 13.1. The Morgan fingerprint density at radius 2 is 1.86 bits per heavy atom. The molecule has 1 aromatic heterocycles. The zero-order chi connectivity index (χ0) is 20.2. The van der Waals surface area contributed by atoms with Crippen LogP contribution in [0.5, 0.6) is 0 Å². The van der Waals surface area contributed by atoms with Gasteiger partial charge in [-0.2, -0.15) is 0 Å². The van der Waals surface area contributed by atoms with E-state index in [9.17, 15) is 9.18 Å². The topological polar surface area (TPSA) is 58.1 Å². The molecule has 7 heteroatoms. The van der Waals surface area contributed by atoms with Gasteiger partial charge in [0, 0.05) is 41.2 Å². The summed E-state index contributed by atoms with van der Waals surface area (Å²) < 4.78 is 14.0. The molecule has 1 atom stereocenters. The van der Waals surface area contributed by atoms with Crippen molar-refractivity contribution in [2.45, 2.75) is 12.8 Å². The molecule has 5 nitrogen and oxygen atoms in total. The second-order valence-corrected chi connectivity index (χ2v) is 7.98. The largest absolute Gasteiger partial charge is 0.340 e. The number of amides is 1. The molecule has 0 spiro atoms. The number of nitrogens with zero attached hydrogens (tertiary/aromatic N) is 3. The van der Waals surface area contributed by atoms with Gasteiger partial charge in [0.1, 0.15) is 5.82 Å². The summed E-state index contributed by atoms with van der Waals surface area (Å²) in [6, 6.07) is 13.8. The van der Waals surface area contributed by atoms with E-state index in [-0.39, 0.29) is 17.6 Å². The minimum absolute atomic E-state index is 0.00994. The lowest BCUT2D eigenvalue weighted by Gasteiger charge is -2.32. The van der Waals surface area contributed by atoms with Crippen LogP contribution in [0.2, 0.25) is 0 Å². The van der Waals surface area contributed by atoms with Crippen molar-refractivity contribution in [3.8, 4) is 11.1 Å². The third-order valence-electron chi connectivity index (χ3n) is 4.98. The van der Waals surface area contributed by atoms with E-state index >= 15 is 0 Å². The number of hydrogen-bond acceptors (Lipinski definition) is 4. The average molecular weight is 455 g/mol. The van der Waals surface area contributed by atoms with Crippen LogP contribution < -0.4 is 10.2 Å². The third-order valence-corrected chi connectivity index (χ3v) is 5.48. The molecule has 0 saturated carbocycles. The highest BCUT2D eigenvalue weighted by atomic mass is 79.9. The molecule has 2 heterocycles. The highest BCUT2D eigenvalue weighted by molar-refractivity contribution is 9.10. The molecule has 1 fully saturated rings. The molecule has 0 radical (unpaired) electrons. The van der Waals surface area contributed by atoms with Crippen molar-refractivity contribution >= 4 is 33.5 Å². The standard InChI is InChI=1S/C22H20BrFN4O/c23-18-4-1-5-20(11-18)27-21(29)16-3-2-10-28(14-16)22-25-12-17(13-26-22)15-6-8-19(24)9-7-15/h1,4-9,11-13,16H,2-3,10,14H2,(H,27,29)/t16-/m0/s1. The van der Waals surface area contributed by atoms with Gasteiger partial charge in [0.2, 0.25) is 11.9 Å². The van der Waals surface area contributed by atoms with Crippen LogP contribution in [0.25, 0.3) is 11.1 Å². The predicted molar refractivity (Wildman–Crippen MR) is 115 cm³/mol. The normalized spacial score (nSPS) is 16.5. The van der Waals surface area contributed by atoms with E-state index in [0.717, 1.165) is 40.7 Å². The average Bonchev–Trinajstić information content (AvgIpc) is 2.74. The Bertz CT molecular complexity index is 994. The first-order chi connectivity index (χ1) is 14.1. The number of nitrogens with one attached hydrogen (secondary N) is 1. The molecule has 4 rings (SSSR count). The number of anilines is 2. The van der Waals surface area contributed by atoms with Gasteiger partial charge in [0.15, 0.2) is 0 Å². The predicted octanol–water partition coefficient (Wildman–Crippen LogP) is 4.90. The molecule has 29 heavy (non-hydrogen) atoms. The van der Waals surface area contributed by atoms with E-state index < -0.39 is 0 Å². The molecule has 0 unspecified atom stereocenters. The lowest BCUT2D eigenvalue weighted by atomic mass is 9.97. The maximum atomic E-state index is 13.1. The minimum atomic E-state index is -0.271. The van der Waals surface area contributed by atoms with Gasteiger partial charge in [-0.15, -0.1) is 0 Å². The molecule has 1 N–H and O–H groups in total. The van der Waals surface area contributed by atoms with Crippen LogP contribution in [0.1, 0.15) is 12.8 Å². The summed E-state index contributed by atoms with van der Waals surface area (Å²) in [6.45, 7) is 1.40. The second kappa shape index (κ2) is 8.69. The van der Waals surface area contributed by atoms with E-state index in [1.54, 1.807) is 24.5 Å². The summed E-state index contributed by atoms with van der Waals surface area (Å²) in [7, 11) is 0. The molecule has 148 valence electrons. The first-order valence-electron chi connectivity index (χ1n) is 9.48. The molecular formula is C22H20BrFN4O. The first-order valence-corrected chi connectivity index (χ1v) is 10.3. The number of rotatable bonds is 4. The Morgan fingerprint density at radius 3 is 2.59 bits per heavy atom. The summed E-state index contributed by atoms with van der Waals surface area (Å²) in [5, 5.41) is 2.99. The highest BCUT2D eigenvalue weighted by Crippen LogP contribution is 2.24. The van der Waals surface area contributed by atoms with E-state index in [1.165, 1.54) is 12.1 Å². The van der Waals surface area contributed by atoms with Gasteiger partial charge in [-0.05, 0) is 48.7 Å². The van der Waals surface area contributed by atoms with Crippen LogP contribution in [0.3, 0.4) is 0 Å². The zero-order valence-corrected chi connectivity index (χ0v) is 17.3. The van der Waals surface area contributed by atoms with Crippen LogP contribution in [-0.2, 0) is 4.79 Å². The molecular weight excluding hydrogens is 435 g/mol. The fourth-order valence-corrected chi connectivity index (χ4v) is 3.86. The lowest BCUT2D eigenvalue weighted by Crippen LogP contribution is -2.41. The Balaban J connectivity index is 1.42. The Kier molecular flexibility index (Phi) is 5.85. The van der Waals surface area contributed by atoms with Crippen molar-refractivity contribution in [1.29, 1.82) is 0 Å². The quantitative estimate of drug-likeness (QED) is 0.608. The van der Waals surface area contributed by atoms with E-state index in [4.69, 9.17) is 0 Å². The van der Waals surface area contributed by atoms with Crippen LogP contribution >= 0.6 is 15.9 Å². The fourth-order valence-electron chi connectivity index (χ4n) is 3.46. The van der Waals surface area contributed by atoms with Crippen LogP contribution in [0.4, 0.5) is 16.0 Å². The Labute approximate surface area is 177 Å². The van der Waals surface area contributed by atoms with Crippen LogP contribution in [0, 0.1) is 11.7 Å². The molecule has 1 amide bonds. The Hall–Kier alpha value is -2.80. The van der Waals surface area contributed by atoms with Gasteiger partial charge in [-0.25, -0.2) is 14.4 Å². The molecule has 1 aliphatic heterocycles. The Morgan fingerprint density at radius 1 is 1.10 bits per heavy atom. The molecule has 2 aromatic carbocycles. The lowest BCUT2D eigenvalue weighted by molar-refractivity contribution is -0.120. The van der Waals surface area contributed by atoms with Crippen LogP contribution in [0.15, 0.2) is 65.4 Å². The summed E-state index contributed by atoms with van der Waals surface area (Å²) in [5.74, 6) is 0.224. The zero-order valence-electron chi connectivity index (χ0n) is 15.7. The second-order valence-electron chi connectivity index (χ2n) is 7.06. The SMILES string of the molecule is O=C(Nc1cccc(Br)c1)[C@H]1CCCN(c2ncc(-c3ccc(F)cc3)cn2)C1. The van der Waals surface area contributed by atoms with Crippen molar-refractivity contribution in [2.24, 2.45) is 5.92 Å². The molecule has 3 aromatic rings. The van der Waals surface area contributed by atoms with Gasteiger partial charge in [0.25, 0.3) is 0 Å². The van der Waals surface area contributed by atoms with Crippen molar-refractivity contribution in [3.63, 3.8) is 0 Å². The molecule has 0 bridgehead atoms. The van der Waals surface area contributed by atoms with Gasteiger partial charge in [-0.3, -0.25) is 4.79 Å². The number of aromatic nitrogens is 2. The number of halogens is 2. The van der Waals surface area contributed by atoms with Crippen molar-refractivity contribution < 1.29 is 9.18 Å². The van der Waals surface area contributed by atoms with Crippen LogP contribution in [-0.4, -0.2) is 29.0 Å². The van der Waals surface area contributed by atoms with Gasteiger partial charge in [-0.1, -0.05) is 34.1 Å². The molecule has 0 aliphatic carbocycles. The molecule has 1 aliphatic rings. The highest BCUT2D eigenvalue weighted by Gasteiger charge is 2.27. The summed E-state index contributed by atoms with van der Waals surface area (Å²) in [5.41, 5.74) is 2.47. The first kappa shape index (κ1) is 19.5. The smallest absolute Gasteiger partial charge is 0.229 e. The maximum Gasteiger partial charge on any atom is 0.229 e. The van der Waals surface area contributed by atoms with Crippen molar-refractivity contribution in [3.05, 3.63) is 71.2 Å². The monoisotopic (exact) mass is 454 g/mol.